The predicted octanol–water partition coefficient (Wildman–Crippen LogP) is 3.61. The summed E-state index contributed by atoms with van der Waals surface area (Å²) in [6.07, 6.45) is 3.45. The van der Waals surface area contributed by atoms with Crippen LogP contribution in [0.4, 0.5) is 0 Å². The molecular weight excluding hydrogens is 277 g/mol. The van der Waals surface area contributed by atoms with Crippen molar-refractivity contribution >= 4 is 27.5 Å². The van der Waals surface area contributed by atoms with Crippen LogP contribution >= 0.6 is 27.5 Å². The van der Waals surface area contributed by atoms with Crippen molar-refractivity contribution < 1.29 is 5.11 Å². The van der Waals surface area contributed by atoms with E-state index in [9.17, 15) is 5.11 Å². The highest BCUT2D eigenvalue weighted by Crippen LogP contribution is 2.41. The lowest BCUT2D eigenvalue weighted by atomic mass is 10.0. The molecule has 0 amide bonds. The minimum absolute atomic E-state index is 0.118. The van der Waals surface area contributed by atoms with Crippen molar-refractivity contribution in [2.75, 3.05) is 0 Å². The van der Waals surface area contributed by atoms with Crippen LogP contribution in [0.5, 0.6) is 5.75 Å². The summed E-state index contributed by atoms with van der Waals surface area (Å²) in [5, 5.41) is 10.1. The summed E-state index contributed by atoms with van der Waals surface area (Å²) in [6, 6.07) is 3.39. The second-order valence-electron chi connectivity index (χ2n) is 4.11. The van der Waals surface area contributed by atoms with Crippen molar-refractivity contribution in [2.24, 2.45) is 11.7 Å². The Bertz CT molecular complexity index is 379. The van der Waals surface area contributed by atoms with E-state index in [1.807, 2.05) is 6.07 Å². The van der Waals surface area contributed by atoms with Crippen LogP contribution in [0.25, 0.3) is 0 Å². The van der Waals surface area contributed by atoms with E-state index in [2.05, 4.69) is 15.9 Å². The molecule has 1 saturated carbocycles. The van der Waals surface area contributed by atoms with Gasteiger partial charge in [0.1, 0.15) is 5.75 Å². The molecule has 0 aromatic heterocycles. The average Bonchev–Trinajstić information content (AvgIpc) is 2.94. The average molecular weight is 291 g/mol. The first kappa shape index (κ1) is 11.2. The predicted molar refractivity (Wildman–Crippen MR) is 65.1 cm³/mol. The smallest absolute Gasteiger partial charge is 0.139 e. The van der Waals surface area contributed by atoms with Crippen LogP contribution in [0.2, 0.25) is 5.02 Å². The van der Waals surface area contributed by atoms with Crippen molar-refractivity contribution in [3.63, 3.8) is 0 Å². The molecule has 2 nitrogen and oxygen atoms in total. The van der Waals surface area contributed by atoms with E-state index < -0.39 is 0 Å². The van der Waals surface area contributed by atoms with Gasteiger partial charge in [-0.15, -0.1) is 0 Å². The Hall–Kier alpha value is -0.250. The van der Waals surface area contributed by atoms with Gasteiger partial charge in [-0.05, 0) is 24.5 Å². The number of halogens is 2. The topological polar surface area (TPSA) is 46.2 Å². The summed E-state index contributed by atoms with van der Waals surface area (Å²) in [4.78, 5) is 0. The molecule has 0 heterocycles. The van der Waals surface area contributed by atoms with Gasteiger partial charge >= 0.3 is 0 Å². The van der Waals surface area contributed by atoms with Gasteiger partial charge in [-0.25, -0.2) is 0 Å². The fourth-order valence-corrected chi connectivity index (χ4v) is 2.54. The van der Waals surface area contributed by atoms with Crippen LogP contribution in [0, 0.1) is 5.92 Å². The molecule has 2 rings (SSSR count). The number of hydrogen-bond donors (Lipinski definition) is 2. The van der Waals surface area contributed by atoms with Gasteiger partial charge in [-0.1, -0.05) is 40.4 Å². The van der Waals surface area contributed by atoms with E-state index in [1.54, 1.807) is 6.07 Å². The largest absolute Gasteiger partial charge is 0.506 e. The number of benzene rings is 1. The quantitative estimate of drug-likeness (QED) is 0.893. The Labute approximate surface area is 103 Å². The molecule has 15 heavy (non-hydrogen) atoms. The molecule has 82 valence electrons. The van der Waals surface area contributed by atoms with Gasteiger partial charge in [0.25, 0.3) is 0 Å². The Morgan fingerprint density at radius 2 is 2.20 bits per heavy atom. The fraction of sp³-hybridized carbons (Fsp3) is 0.455. The number of aromatic hydroxyl groups is 1. The summed E-state index contributed by atoms with van der Waals surface area (Å²) in [7, 11) is 0. The Kier molecular flexibility index (Phi) is 3.24. The Morgan fingerprint density at radius 1 is 1.53 bits per heavy atom. The van der Waals surface area contributed by atoms with Gasteiger partial charge in [0.2, 0.25) is 0 Å². The number of nitrogens with two attached hydrogens (primary N) is 1. The molecule has 1 aromatic carbocycles. The second-order valence-corrected chi connectivity index (χ2v) is 5.43. The van der Waals surface area contributed by atoms with Crippen molar-refractivity contribution in [2.45, 2.75) is 25.3 Å². The van der Waals surface area contributed by atoms with Gasteiger partial charge in [0, 0.05) is 16.1 Å². The first-order chi connectivity index (χ1) is 7.08. The molecule has 1 aliphatic carbocycles. The van der Waals surface area contributed by atoms with E-state index in [-0.39, 0.29) is 11.8 Å². The molecular formula is C11H13BrClNO. The van der Waals surface area contributed by atoms with Crippen molar-refractivity contribution in [1.29, 1.82) is 0 Å². The molecule has 1 aliphatic rings. The lowest BCUT2D eigenvalue weighted by Gasteiger charge is -2.14. The van der Waals surface area contributed by atoms with Crippen LogP contribution < -0.4 is 5.73 Å². The number of phenolic OH excluding ortho intramolecular Hbond substituents is 1. The monoisotopic (exact) mass is 289 g/mol. The highest BCUT2D eigenvalue weighted by Gasteiger charge is 2.26. The molecule has 4 heteroatoms. The zero-order valence-electron chi connectivity index (χ0n) is 8.21. The molecule has 0 aliphatic heterocycles. The number of rotatable bonds is 3. The highest BCUT2D eigenvalue weighted by atomic mass is 79.9. The molecule has 0 saturated heterocycles. The molecule has 0 bridgehead atoms. The molecule has 1 fully saturated rings. The summed E-state index contributed by atoms with van der Waals surface area (Å²) in [5.74, 6) is 0.852. The third-order valence-electron chi connectivity index (χ3n) is 2.74. The maximum atomic E-state index is 9.79. The van der Waals surface area contributed by atoms with Gasteiger partial charge in [-0.2, -0.15) is 0 Å². The standard InChI is InChI=1S/C11H13BrClNO/c12-7-4-8(11(15)9(13)5-7)10(14)3-6-1-2-6/h4-6,10,15H,1-3,14H2/t10-/m0/s1. The van der Waals surface area contributed by atoms with Crippen molar-refractivity contribution in [3.05, 3.63) is 27.2 Å². The summed E-state index contributed by atoms with van der Waals surface area (Å²) >= 11 is 9.23. The lowest BCUT2D eigenvalue weighted by Crippen LogP contribution is -2.11. The first-order valence-corrected chi connectivity index (χ1v) is 6.18. The summed E-state index contributed by atoms with van der Waals surface area (Å²) in [6.45, 7) is 0. The third kappa shape index (κ3) is 2.65. The van der Waals surface area contributed by atoms with E-state index >= 15 is 0 Å². The SMILES string of the molecule is N[C@@H](CC1CC1)c1cc(Br)cc(Cl)c1O. The van der Waals surface area contributed by atoms with Crippen molar-refractivity contribution in [1.82, 2.24) is 0 Å². The zero-order valence-corrected chi connectivity index (χ0v) is 10.6. The maximum Gasteiger partial charge on any atom is 0.139 e. The number of phenols is 1. The second kappa shape index (κ2) is 4.32. The molecule has 0 radical (unpaired) electrons. The fourth-order valence-electron chi connectivity index (χ4n) is 1.71. The third-order valence-corrected chi connectivity index (χ3v) is 3.49. The van der Waals surface area contributed by atoms with E-state index in [1.165, 1.54) is 12.8 Å². The van der Waals surface area contributed by atoms with Crippen LogP contribution in [-0.2, 0) is 0 Å². The number of hydrogen-bond acceptors (Lipinski definition) is 2. The first-order valence-electron chi connectivity index (χ1n) is 5.01. The van der Waals surface area contributed by atoms with Gasteiger partial charge in [-0.3, -0.25) is 0 Å². The van der Waals surface area contributed by atoms with Crippen LogP contribution in [0.15, 0.2) is 16.6 Å². The maximum absolute atomic E-state index is 9.79. The molecule has 1 atom stereocenters. The normalized spacial score (nSPS) is 17.8. The minimum atomic E-state index is -0.118. The summed E-state index contributed by atoms with van der Waals surface area (Å²) in [5.41, 5.74) is 6.77. The van der Waals surface area contributed by atoms with Gasteiger partial charge in [0.15, 0.2) is 0 Å². The Balaban J connectivity index is 2.24. The Morgan fingerprint density at radius 3 is 2.80 bits per heavy atom. The summed E-state index contributed by atoms with van der Waals surface area (Å²) < 4.78 is 0.853. The van der Waals surface area contributed by atoms with E-state index in [0.29, 0.717) is 5.02 Å². The van der Waals surface area contributed by atoms with Gasteiger partial charge in [0.05, 0.1) is 5.02 Å². The lowest BCUT2D eigenvalue weighted by molar-refractivity contribution is 0.455. The molecule has 3 N–H and O–H groups in total. The van der Waals surface area contributed by atoms with E-state index in [4.69, 9.17) is 17.3 Å². The minimum Gasteiger partial charge on any atom is -0.506 e. The molecule has 0 spiro atoms. The van der Waals surface area contributed by atoms with E-state index in [0.717, 1.165) is 22.4 Å². The van der Waals surface area contributed by atoms with Crippen LogP contribution in [0.1, 0.15) is 30.9 Å². The zero-order chi connectivity index (χ0) is 11.0. The van der Waals surface area contributed by atoms with Crippen LogP contribution in [-0.4, -0.2) is 5.11 Å². The van der Waals surface area contributed by atoms with Crippen LogP contribution in [0.3, 0.4) is 0 Å². The molecule has 0 unspecified atom stereocenters. The molecule has 1 aromatic rings. The van der Waals surface area contributed by atoms with Crippen molar-refractivity contribution in [3.8, 4) is 5.75 Å². The highest BCUT2D eigenvalue weighted by molar-refractivity contribution is 9.10. The van der Waals surface area contributed by atoms with Gasteiger partial charge < -0.3 is 10.8 Å².